The van der Waals surface area contributed by atoms with E-state index in [0.717, 1.165) is 17.7 Å². The molecule has 4 nitrogen and oxygen atoms in total. The van der Waals surface area contributed by atoms with Crippen LogP contribution in [0, 0.1) is 0 Å². The van der Waals surface area contributed by atoms with Gasteiger partial charge in [-0.25, -0.2) is 0 Å². The van der Waals surface area contributed by atoms with E-state index < -0.39 is 0 Å². The molecule has 1 rings (SSSR count). The molecule has 0 saturated carbocycles. The SMILES string of the molecule is CC(=O)CCc1ccc(OCCOC(C)=O)cc1. The molecule has 1 aromatic rings. The monoisotopic (exact) mass is 250 g/mol. The first-order valence-electron chi connectivity index (χ1n) is 5.92. The van der Waals surface area contributed by atoms with Crippen LogP contribution < -0.4 is 4.74 Å². The summed E-state index contributed by atoms with van der Waals surface area (Å²) in [5.41, 5.74) is 1.11. The first-order valence-corrected chi connectivity index (χ1v) is 5.92. The van der Waals surface area contributed by atoms with Gasteiger partial charge in [0.15, 0.2) is 0 Å². The summed E-state index contributed by atoms with van der Waals surface area (Å²) in [4.78, 5) is 21.4. The molecule has 0 radical (unpaired) electrons. The Bertz CT molecular complexity index is 395. The number of hydrogen-bond donors (Lipinski definition) is 0. The third-order valence-corrected chi connectivity index (χ3v) is 2.35. The van der Waals surface area contributed by atoms with Crippen LogP contribution in [0.1, 0.15) is 25.8 Å². The number of Topliss-reactive ketones (excluding diaryl/α,β-unsaturated/α-hetero) is 1. The summed E-state index contributed by atoms with van der Waals surface area (Å²) in [5, 5.41) is 0. The van der Waals surface area contributed by atoms with Gasteiger partial charge in [0.2, 0.25) is 0 Å². The Hall–Kier alpha value is -1.84. The summed E-state index contributed by atoms with van der Waals surface area (Å²) in [6, 6.07) is 7.57. The number of aryl methyl sites for hydroxylation is 1. The van der Waals surface area contributed by atoms with Crippen molar-refractivity contribution in [2.24, 2.45) is 0 Å². The van der Waals surface area contributed by atoms with Crippen LogP contribution >= 0.6 is 0 Å². The fourth-order valence-corrected chi connectivity index (χ4v) is 1.42. The second-order valence-electron chi connectivity index (χ2n) is 4.03. The van der Waals surface area contributed by atoms with Crippen molar-refractivity contribution in [2.75, 3.05) is 13.2 Å². The number of carbonyl (C=O) groups excluding carboxylic acids is 2. The van der Waals surface area contributed by atoms with Gasteiger partial charge in [0.25, 0.3) is 0 Å². The molecule has 0 fully saturated rings. The molecule has 0 aromatic heterocycles. The fourth-order valence-electron chi connectivity index (χ4n) is 1.42. The van der Waals surface area contributed by atoms with E-state index in [1.807, 2.05) is 24.3 Å². The molecule has 0 spiro atoms. The Labute approximate surface area is 107 Å². The molecule has 0 aliphatic carbocycles. The van der Waals surface area contributed by atoms with Crippen molar-refractivity contribution < 1.29 is 19.1 Å². The molecule has 4 heteroatoms. The van der Waals surface area contributed by atoms with Gasteiger partial charge in [0.1, 0.15) is 24.7 Å². The average molecular weight is 250 g/mol. The fraction of sp³-hybridized carbons (Fsp3) is 0.429. The maximum atomic E-state index is 10.8. The molecule has 18 heavy (non-hydrogen) atoms. The highest BCUT2D eigenvalue weighted by Gasteiger charge is 1.99. The van der Waals surface area contributed by atoms with Crippen molar-refractivity contribution in [3.8, 4) is 5.75 Å². The topological polar surface area (TPSA) is 52.6 Å². The van der Waals surface area contributed by atoms with Crippen LogP contribution in [0.15, 0.2) is 24.3 Å². The molecule has 98 valence electrons. The van der Waals surface area contributed by atoms with Gasteiger partial charge in [-0.2, -0.15) is 0 Å². The summed E-state index contributed by atoms with van der Waals surface area (Å²) in [7, 11) is 0. The van der Waals surface area contributed by atoms with Crippen LogP contribution in [0.4, 0.5) is 0 Å². The first-order chi connectivity index (χ1) is 8.58. The van der Waals surface area contributed by atoms with Crippen molar-refractivity contribution in [3.63, 3.8) is 0 Å². The van der Waals surface area contributed by atoms with Crippen LogP contribution in [-0.4, -0.2) is 25.0 Å². The van der Waals surface area contributed by atoms with Crippen LogP contribution in [0.2, 0.25) is 0 Å². The summed E-state index contributed by atoms with van der Waals surface area (Å²) < 4.78 is 10.1. The lowest BCUT2D eigenvalue weighted by atomic mass is 10.1. The van der Waals surface area contributed by atoms with E-state index in [1.54, 1.807) is 6.92 Å². The number of ether oxygens (including phenoxy) is 2. The summed E-state index contributed by atoms with van der Waals surface area (Å²) >= 11 is 0. The van der Waals surface area contributed by atoms with Gasteiger partial charge in [-0.1, -0.05) is 12.1 Å². The van der Waals surface area contributed by atoms with Gasteiger partial charge in [-0.15, -0.1) is 0 Å². The maximum Gasteiger partial charge on any atom is 0.302 e. The Balaban J connectivity index is 2.31. The van der Waals surface area contributed by atoms with Crippen LogP contribution in [-0.2, 0) is 20.7 Å². The first kappa shape index (κ1) is 14.2. The van der Waals surface area contributed by atoms with Crippen molar-refractivity contribution in [1.82, 2.24) is 0 Å². The van der Waals surface area contributed by atoms with Gasteiger partial charge >= 0.3 is 5.97 Å². The van der Waals surface area contributed by atoms with Gasteiger partial charge < -0.3 is 14.3 Å². The Morgan fingerprint density at radius 2 is 1.72 bits per heavy atom. The Morgan fingerprint density at radius 3 is 2.28 bits per heavy atom. The maximum absolute atomic E-state index is 10.8. The molecule has 0 bridgehead atoms. The molecule has 0 aliphatic rings. The largest absolute Gasteiger partial charge is 0.490 e. The zero-order chi connectivity index (χ0) is 13.4. The highest BCUT2D eigenvalue weighted by atomic mass is 16.6. The van der Waals surface area contributed by atoms with Gasteiger partial charge in [-0.3, -0.25) is 4.79 Å². The number of rotatable bonds is 7. The second-order valence-corrected chi connectivity index (χ2v) is 4.03. The summed E-state index contributed by atoms with van der Waals surface area (Å²) in [6.45, 7) is 3.55. The molecule has 0 unspecified atom stereocenters. The minimum Gasteiger partial charge on any atom is -0.490 e. The highest BCUT2D eigenvalue weighted by Crippen LogP contribution is 2.13. The minimum absolute atomic E-state index is 0.191. The minimum atomic E-state index is -0.307. The number of ketones is 1. The van der Waals surface area contributed by atoms with E-state index in [2.05, 4.69) is 0 Å². The molecule has 0 aliphatic heterocycles. The number of hydrogen-bond acceptors (Lipinski definition) is 4. The molecule has 0 atom stereocenters. The standard InChI is InChI=1S/C14H18O4/c1-11(15)3-4-13-5-7-14(8-6-13)18-10-9-17-12(2)16/h5-8H,3-4,9-10H2,1-2H3. The molecule has 0 amide bonds. The molecule has 0 saturated heterocycles. The molecular weight excluding hydrogens is 232 g/mol. The van der Waals surface area contributed by atoms with E-state index in [-0.39, 0.29) is 18.4 Å². The lowest BCUT2D eigenvalue weighted by Gasteiger charge is -2.07. The van der Waals surface area contributed by atoms with E-state index in [0.29, 0.717) is 13.0 Å². The third-order valence-electron chi connectivity index (χ3n) is 2.35. The number of carbonyl (C=O) groups is 2. The third kappa shape index (κ3) is 6.03. The lowest BCUT2D eigenvalue weighted by molar-refractivity contribution is -0.141. The van der Waals surface area contributed by atoms with Crippen molar-refractivity contribution in [2.45, 2.75) is 26.7 Å². The second kappa shape index (κ2) is 7.48. The van der Waals surface area contributed by atoms with E-state index in [4.69, 9.17) is 9.47 Å². The lowest BCUT2D eigenvalue weighted by Crippen LogP contribution is -2.09. The van der Waals surface area contributed by atoms with Gasteiger partial charge in [-0.05, 0) is 31.0 Å². The van der Waals surface area contributed by atoms with Crippen LogP contribution in [0.5, 0.6) is 5.75 Å². The highest BCUT2D eigenvalue weighted by molar-refractivity contribution is 5.75. The Morgan fingerprint density at radius 1 is 1.06 bits per heavy atom. The van der Waals surface area contributed by atoms with Crippen molar-refractivity contribution in [3.05, 3.63) is 29.8 Å². The number of esters is 1. The molecular formula is C14H18O4. The van der Waals surface area contributed by atoms with Gasteiger partial charge in [0.05, 0.1) is 0 Å². The van der Waals surface area contributed by atoms with Crippen molar-refractivity contribution in [1.29, 1.82) is 0 Å². The zero-order valence-corrected chi connectivity index (χ0v) is 10.8. The predicted octanol–water partition coefficient (Wildman–Crippen LogP) is 2.15. The van der Waals surface area contributed by atoms with Crippen LogP contribution in [0.25, 0.3) is 0 Å². The molecule has 0 N–H and O–H groups in total. The van der Waals surface area contributed by atoms with Gasteiger partial charge in [0, 0.05) is 13.3 Å². The quantitative estimate of drug-likeness (QED) is 0.549. The smallest absolute Gasteiger partial charge is 0.302 e. The summed E-state index contributed by atoms with van der Waals surface area (Å²) in [5.74, 6) is 0.614. The van der Waals surface area contributed by atoms with E-state index in [9.17, 15) is 9.59 Å². The molecule has 0 heterocycles. The van der Waals surface area contributed by atoms with E-state index >= 15 is 0 Å². The van der Waals surface area contributed by atoms with Crippen molar-refractivity contribution >= 4 is 11.8 Å². The van der Waals surface area contributed by atoms with E-state index in [1.165, 1.54) is 6.92 Å². The average Bonchev–Trinajstić information content (AvgIpc) is 2.33. The number of benzene rings is 1. The van der Waals surface area contributed by atoms with Crippen LogP contribution in [0.3, 0.4) is 0 Å². The Kier molecular flexibility index (Phi) is 5.91. The zero-order valence-electron chi connectivity index (χ0n) is 10.8. The molecule has 1 aromatic carbocycles. The summed E-state index contributed by atoms with van der Waals surface area (Å²) in [6.07, 6.45) is 1.32. The predicted molar refractivity (Wildman–Crippen MR) is 67.6 cm³/mol. The normalized spacial score (nSPS) is 9.89.